The van der Waals surface area contributed by atoms with E-state index in [2.05, 4.69) is 6.92 Å². The molecule has 0 bridgehead atoms. The Morgan fingerprint density at radius 3 is 2.88 bits per heavy atom. The first-order valence-electron chi connectivity index (χ1n) is 5.72. The maximum Gasteiger partial charge on any atom is 0.307 e. The molecule has 1 rings (SSSR count). The highest BCUT2D eigenvalue weighted by molar-refractivity contribution is 5.83. The summed E-state index contributed by atoms with van der Waals surface area (Å²) in [5.74, 6) is 0.368. The topological polar surface area (TPSA) is 43.4 Å². The quantitative estimate of drug-likeness (QED) is 0.672. The molecule has 1 unspecified atom stereocenters. The number of ketones is 1. The molecule has 1 aliphatic rings. The second-order valence-electron chi connectivity index (χ2n) is 3.99. The van der Waals surface area contributed by atoms with Crippen LogP contribution >= 0.6 is 0 Å². The van der Waals surface area contributed by atoms with E-state index in [-0.39, 0.29) is 17.7 Å². The van der Waals surface area contributed by atoms with Gasteiger partial charge in [-0.1, -0.05) is 25.5 Å². The van der Waals surface area contributed by atoms with E-state index in [9.17, 15) is 9.59 Å². The largest absolute Gasteiger partial charge is 0.431 e. The Morgan fingerprint density at radius 2 is 2.25 bits per heavy atom. The number of carbonyl (C=O) groups excluding carboxylic acids is 2. The number of ether oxygens (including phenoxy) is 1. The van der Waals surface area contributed by atoms with E-state index in [0.29, 0.717) is 18.6 Å². The van der Waals surface area contributed by atoms with Crippen molar-refractivity contribution in [3.8, 4) is 0 Å². The van der Waals surface area contributed by atoms with E-state index in [1.165, 1.54) is 6.92 Å². The number of unbranched alkanes of at least 4 members (excludes halogenated alkanes) is 1. The van der Waals surface area contributed by atoms with Gasteiger partial charge < -0.3 is 4.74 Å². The fourth-order valence-corrected chi connectivity index (χ4v) is 1.67. The molecule has 88 valence electrons. The summed E-state index contributed by atoms with van der Waals surface area (Å²) in [7, 11) is 0. The number of carbonyl (C=O) groups is 2. The number of allylic oxidation sites excluding steroid dienone is 4. The Kier molecular flexibility index (Phi) is 4.96. The highest BCUT2D eigenvalue weighted by atomic mass is 16.5. The molecule has 3 heteroatoms. The molecular formula is C13H18O3. The van der Waals surface area contributed by atoms with Crippen LogP contribution in [0.5, 0.6) is 0 Å². The molecule has 0 aromatic heterocycles. The van der Waals surface area contributed by atoms with Crippen molar-refractivity contribution in [3.05, 3.63) is 24.0 Å². The number of hydrogen-bond donors (Lipinski definition) is 0. The normalized spacial score (nSPS) is 19.1. The van der Waals surface area contributed by atoms with Gasteiger partial charge in [0, 0.05) is 25.7 Å². The van der Waals surface area contributed by atoms with E-state index in [4.69, 9.17) is 4.74 Å². The Balaban J connectivity index is 2.48. The first-order valence-corrected chi connectivity index (χ1v) is 5.72. The molecule has 0 saturated carbocycles. The molecule has 0 aromatic rings. The Morgan fingerprint density at radius 1 is 1.50 bits per heavy atom. The number of rotatable bonds is 5. The van der Waals surface area contributed by atoms with Crippen LogP contribution in [0.2, 0.25) is 0 Å². The minimum atomic E-state index is -0.332. The lowest BCUT2D eigenvalue weighted by Gasteiger charge is -2.16. The average Bonchev–Trinajstić information content (AvgIpc) is 2.25. The standard InChI is InChI=1S/C13H18O3/c1-3-4-8-13(15)11-6-5-7-12(9-11)16-10(2)14/h5-7,11H,3-4,8-9H2,1-2H3. The number of hydrogen-bond acceptors (Lipinski definition) is 3. The third-order valence-electron chi connectivity index (χ3n) is 2.51. The van der Waals surface area contributed by atoms with Crippen LogP contribution in [0.1, 0.15) is 39.5 Å². The zero-order valence-electron chi connectivity index (χ0n) is 9.86. The molecule has 1 aliphatic carbocycles. The molecule has 16 heavy (non-hydrogen) atoms. The van der Waals surface area contributed by atoms with Crippen molar-refractivity contribution in [2.75, 3.05) is 0 Å². The fourth-order valence-electron chi connectivity index (χ4n) is 1.67. The summed E-state index contributed by atoms with van der Waals surface area (Å²) in [5, 5.41) is 0. The molecule has 0 heterocycles. The predicted molar refractivity (Wildman–Crippen MR) is 61.6 cm³/mol. The van der Waals surface area contributed by atoms with Crippen LogP contribution in [0.15, 0.2) is 24.0 Å². The van der Waals surface area contributed by atoms with E-state index >= 15 is 0 Å². The Labute approximate surface area is 96.2 Å². The van der Waals surface area contributed by atoms with Crippen LogP contribution in [0.3, 0.4) is 0 Å². The van der Waals surface area contributed by atoms with Crippen molar-refractivity contribution in [2.45, 2.75) is 39.5 Å². The lowest BCUT2D eigenvalue weighted by molar-refractivity contribution is -0.137. The minimum Gasteiger partial charge on any atom is -0.431 e. The third kappa shape index (κ3) is 4.01. The van der Waals surface area contributed by atoms with Gasteiger partial charge in [0.2, 0.25) is 0 Å². The Hall–Kier alpha value is -1.38. The third-order valence-corrected chi connectivity index (χ3v) is 2.51. The first kappa shape index (κ1) is 12.7. The van der Waals surface area contributed by atoms with Crippen molar-refractivity contribution in [2.24, 2.45) is 5.92 Å². The highest BCUT2D eigenvalue weighted by Gasteiger charge is 2.20. The van der Waals surface area contributed by atoms with Gasteiger partial charge in [-0.15, -0.1) is 0 Å². The van der Waals surface area contributed by atoms with Crippen molar-refractivity contribution in [1.29, 1.82) is 0 Å². The average molecular weight is 222 g/mol. The van der Waals surface area contributed by atoms with E-state index in [1.54, 1.807) is 12.2 Å². The van der Waals surface area contributed by atoms with E-state index in [1.807, 2.05) is 6.08 Å². The van der Waals surface area contributed by atoms with Crippen LogP contribution in [0, 0.1) is 5.92 Å². The number of esters is 1. The summed E-state index contributed by atoms with van der Waals surface area (Å²) in [6.45, 7) is 3.43. The number of Topliss-reactive ketones (excluding diaryl/α,β-unsaturated/α-hetero) is 1. The molecule has 0 aromatic carbocycles. The SMILES string of the molecule is CCCCC(=O)C1C=CC=C(OC(C)=O)C1. The van der Waals surface area contributed by atoms with Gasteiger partial charge in [0.15, 0.2) is 0 Å². The molecule has 0 fully saturated rings. The summed E-state index contributed by atoms with van der Waals surface area (Å²) in [4.78, 5) is 22.6. The molecule has 0 N–H and O–H groups in total. The van der Waals surface area contributed by atoms with Gasteiger partial charge in [-0.3, -0.25) is 9.59 Å². The predicted octanol–water partition coefficient (Wildman–Crippen LogP) is 2.77. The van der Waals surface area contributed by atoms with Crippen LogP contribution < -0.4 is 0 Å². The zero-order valence-corrected chi connectivity index (χ0v) is 9.86. The van der Waals surface area contributed by atoms with Gasteiger partial charge in [0.25, 0.3) is 0 Å². The zero-order chi connectivity index (χ0) is 12.0. The van der Waals surface area contributed by atoms with E-state index in [0.717, 1.165) is 12.8 Å². The van der Waals surface area contributed by atoms with Crippen molar-refractivity contribution in [1.82, 2.24) is 0 Å². The summed E-state index contributed by atoms with van der Waals surface area (Å²) in [6, 6.07) is 0. The van der Waals surface area contributed by atoms with Gasteiger partial charge in [-0.2, -0.15) is 0 Å². The van der Waals surface area contributed by atoms with Gasteiger partial charge in [0.1, 0.15) is 11.5 Å². The monoisotopic (exact) mass is 222 g/mol. The lowest BCUT2D eigenvalue weighted by atomic mass is 9.92. The molecule has 1 atom stereocenters. The van der Waals surface area contributed by atoms with Crippen molar-refractivity contribution >= 4 is 11.8 Å². The van der Waals surface area contributed by atoms with Crippen LogP contribution in [0.25, 0.3) is 0 Å². The molecule has 0 aliphatic heterocycles. The van der Waals surface area contributed by atoms with Crippen molar-refractivity contribution < 1.29 is 14.3 Å². The Bertz CT molecular complexity index is 326. The molecule has 0 amide bonds. The first-order chi connectivity index (χ1) is 7.63. The molecule has 3 nitrogen and oxygen atoms in total. The second-order valence-corrected chi connectivity index (χ2v) is 3.99. The van der Waals surface area contributed by atoms with Gasteiger partial charge in [-0.05, 0) is 12.5 Å². The van der Waals surface area contributed by atoms with Crippen molar-refractivity contribution in [3.63, 3.8) is 0 Å². The second kappa shape index (κ2) is 6.26. The minimum absolute atomic E-state index is 0.120. The highest BCUT2D eigenvalue weighted by Crippen LogP contribution is 2.22. The summed E-state index contributed by atoms with van der Waals surface area (Å²) in [5.41, 5.74) is 0. The van der Waals surface area contributed by atoms with Crippen LogP contribution in [0.4, 0.5) is 0 Å². The molecular weight excluding hydrogens is 204 g/mol. The van der Waals surface area contributed by atoms with Gasteiger partial charge >= 0.3 is 5.97 Å². The maximum atomic E-state index is 11.8. The molecule has 0 saturated heterocycles. The maximum absolute atomic E-state index is 11.8. The summed E-state index contributed by atoms with van der Waals surface area (Å²) in [6.07, 6.45) is 8.48. The summed E-state index contributed by atoms with van der Waals surface area (Å²) < 4.78 is 4.99. The van der Waals surface area contributed by atoms with Gasteiger partial charge in [0.05, 0.1) is 0 Å². The molecule has 0 spiro atoms. The van der Waals surface area contributed by atoms with Gasteiger partial charge in [-0.25, -0.2) is 0 Å². The summed E-state index contributed by atoms with van der Waals surface area (Å²) >= 11 is 0. The van der Waals surface area contributed by atoms with Crippen LogP contribution in [-0.4, -0.2) is 11.8 Å². The fraction of sp³-hybridized carbons (Fsp3) is 0.538. The van der Waals surface area contributed by atoms with Crippen LogP contribution in [-0.2, 0) is 14.3 Å². The smallest absolute Gasteiger partial charge is 0.307 e. The molecule has 0 radical (unpaired) electrons. The van der Waals surface area contributed by atoms with E-state index < -0.39 is 0 Å². The lowest BCUT2D eigenvalue weighted by Crippen LogP contribution is -2.16.